The molecule has 23 heavy (non-hydrogen) atoms. The molecule has 3 nitrogen and oxygen atoms in total. The van der Waals surface area contributed by atoms with Crippen molar-refractivity contribution in [1.82, 2.24) is 9.38 Å². The van der Waals surface area contributed by atoms with E-state index in [1.54, 1.807) is 11.3 Å². The van der Waals surface area contributed by atoms with Crippen LogP contribution in [0.3, 0.4) is 0 Å². The molecular weight excluding hydrogens is 304 g/mol. The summed E-state index contributed by atoms with van der Waals surface area (Å²) in [5.74, 6) is 0.895. The Kier molecular flexibility index (Phi) is 3.34. The molecule has 0 saturated carbocycles. The van der Waals surface area contributed by atoms with E-state index in [9.17, 15) is 0 Å². The smallest absolute Gasteiger partial charge is 0.195 e. The number of para-hydroxylation sites is 1. The summed E-state index contributed by atoms with van der Waals surface area (Å²) in [7, 11) is 0. The predicted octanol–water partition coefficient (Wildman–Crippen LogP) is 5.31. The molecule has 0 spiro atoms. The average molecular weight is 322 g/mol. The van der Waals surface area contributed by atoms with Crippen molar-refractivity contribution in [2.75, 3.05) is 0 Å². The summed E-state index contributed by atoms with van der Waals surface area (Å²) >= 11 is 1.73. The third-order valence-corrected chi connectivity index (χ3v) is 4.86. The summed E-state index contributed by atoms with van der Waals surface area (Å²) in [6, 6.07) is 14.5. The fraction of sp³-hybridized carbons (Fsp3) is 0.211. The number of aryl methyl sites for hydroxylation is 1. The van der Waals surface area contributed by atoms with Gasteiger partial charge in [0, 0.05) is 11.8 Å². The van der Waals surface area contributed by atoms with E-state index in [2.05, 4.69) is 47.9 Å². The van der Waals surface area contributed by atoms with Gasteiger partial charge in [0.2, 0.25) is 0 Å². The number of hydrogen-bond acceptors (Lipinski definition) is 3. The molecule has 4 aromatic rings. The molecule has 0 unspecified atom stereocenters. The Labute approximate surface area is 139 Å². The molecule has 0 radical (unpaired) electrons. The molecule has 0 atom stereocenters. The second kappa shape index (κ2) is 5.39. The van der Waals surface area contributed by atoms with Gasteiger partial charge in [-0.3, -0.25) is 4.40 Å². The van der Waals surface area contributed by atoms with Crippen molar-refractivity contribution in [3.8, 4) is 17.0 Å². The lowest BCUT2D eigenvalue weighted by molar-refractivity contribution is 0.242. The highest BCUT2D eigenvalue weighted by Crippen LogP contribution is 2.31. The minimum atomic E-state index is 0.188. The predicted molar refractivity (Wildman–Crippen MR) is 96.5 cm³/mol. The molecule has 116 valence electrons. The van der Waals surface area contributed by atoms with Crippen LogP contribution >= 0.6 is 11.3 Å². The summed E-state index contributed by atoms with van der Waals surface area (Å²) in [6.45, 7) is 6.21. The maximum atomic E-state index is 5.70. The molecule has 4 rings (SSSR count). The highest BCUT2D eigenvalue weighted by atomic mass is 32.1. The van der Waals surface area contributed by atoms with Crippen LogP contribution in [0.25, 0.3) is 26.4 Å². The normalized spacial score (nSPS) is 11.7. The maximum Gasteiger partial charge on any atom is 0.195 e. The van der Waals surface area contributed by atoms with E-state index in [4.69, 9.17) is 9.72 Å². The first kappa shape index (κ1) is 14.3. The maximum absolute atomic E-state index is 5.70. The topological polar surface area (TPSA) is 26.5 Å². The average Bonchev–Trinajstić information content (AvgIpc) is 3.05. The Morgan fingerprint density at radius 1 is 1.09 bits per heavy atom. The zero-order chi connectivity index (χ0) is 16.0. The molecule has 0 N–H and O–H groups in total. The molecule has 2 aromatic heterocycles. The second-order valence-electron chi connectivity index (χ2n) is 5.99. The number of imidazole rings is 1. The van der Waals surface area contributed by atoms with Crippen LogP contribution in [-0.4, -0.2) is 15.5 Å². The molecule has 0 amide bonds. The van der Waals surface area contributed by atoms with E-state index in [0.29, 0.717) is 0 Å². The van der Waals surface area contributed by atoms with E-state index in [0.717, 1.165) is 22.0 Å². The summed E-state index contributed by atoms with van der Waals surface area (Å²) in [4.78, 5) is 5.83. The lowest BCUT2D eigenvalue weighted by Crippen LogP contribution is -2.05. The van der Waals surface area contributed by atoms with E-state index < -0.39 is 0 Å². The number of nitrogens with zero attached hydrogens (tertiary/aromatic N) is 2. The van der Waals surface area contributed by atoms with Gasteiger partial charge in [0.25, 0.3) is 0 Å². The lowest BCUT2D eigenvalue weighted by Gasteiger charge is -2.09. The number of ether oxygens (including phenoxy) is 1. The SMILES string of the molecule is Cc1cccc2sc3nc(-c4ccc(OC(C)C)cc4)cn3c12. The van der Waals surface area contributed by atoms with Crippen LogP contribution in [0.1, 0.15) is 19.4 Å². The molecule has 2 aromatic carbocycles. The van der Waals surface area contributed by atoms with Crippen molar-refractivity contribution in [2.45, 2.75) is 26.9 Å². The van der Waals surface area contributed by atoms with Crippen molar-refractivity contribution in [2.24, 2.45) is 0 Å². The first-order valence-corrected chi connectivity index (χ1v) is 8.58. The Bertz CT molecular complexity index is 980. The van der Waals surface area contributed by atoms with Crippen LogP contribution < -0.4 is 4.74 Å². The van der Waals surface area contributed by atoms with Crippen LogP contribution in [0.2, 0.25) is 0 Å². The van der Waals surface area contributed by atoms with Crippen LogP contribution in [0.15, 0.2) is 48.7 Å². The quantitative estimate of drug-likeness (QED) is 0.511. The van der Waals surface area contributed by atoms with Crippen molar-refractivity contribution in [1.29, 1.82) is 0 Å². The van der Waals surface area contributed by atoms with E-state index >= 15 is 0 Å². The Hall–Kier alpha value is -2.33. The second-order valence-corrected chi connectivity index (χ2v) is 7.00. The van der Waals surface area contributed by atoms with Gasteiger partial charge < -0.3 is 4.74 Å². The number of rotatable bonds is 3. The van der Waals surface area contributed by atoms with Gasteiger partial charge in [-0.05, 0) is 56.7 Å². The standard InChI is InChI=1S/C19H18N2OS/c1-12(2)22-15-9-7-14(8-10-15)16-11-21-18-13(3)5-4-6-17(18)23-19(21)20-16/h4-12H,1-3H3. The van der Waals surface area contributed by atoms with Gasteiger partial charge in [-0.25, -0.2) is 4.98 Å². The van der Waals surface area contributed by atoms with Gasteiger partial charge in [0.05, 0.1) is 22.0 Å². The van der Waals surface area contributed by atoms with Crippen molar-refractivity contribution >= 4 is 26.5 Å². The summed E-state index contributed by atoms with van der Waals surface area (Å²) in [5.41, 5.74) is 4.64. The van der Waals surface area contributed by atoms with Crippen molar-refractivity contribution in [3.05, 3.63) is 54.2 Å². The summed E-state index contributed by atoms with van der Waals surface area (Å²) in [5, 5.41) is 0. The van der Waals surface area contributed by atoms with Crippen molar-refractivity contribution < 1.29 is 4.74 Å². The van der Waals surface area contributed by atoms with Crippen LogP contribution in [-0.2, 0) is 0 Å². The Balaban J connectivity index is 1.77. The first-order chi connectivity index (χ1) is 11.1. The highest BCUT2D eigenvalue weighted by molar-refractivity contribution is 7.23. The summed E-state index contributed by atoms with van der Waals surface area (Å²) in [6.07, 6.45) is 2.31. The number of benzene rings is 2. The van der Waals surface area contributed by atoms with E-state index in [1.807, 2.05) is 26.0 Å². The summed E-state index contributed by atoms with van der Waals surface area (Å²) < 4.78 is 9.17. The van der Waals surface area contributed by atoms with Gasteiger partial charge in [0.1, 0.15) is 5.75 Å². The fourth-order valence-electron chi connectivity index (χ4n) is 2.83. The Morgan fingerprint density at radius 3 is 2.61 bits per heavy atom. The van der Waals surface area contributed by atoms with Gasteiger partial charge >= 0.3 is 0 Å². The number of aromatic nitrogens is 2. The molecule has 4 heteroatoms. The van der Waals surface area contributed by atoms with Crippen LogP contribution in [0.5, 0.6) is 5.75 Å². The largest absolute Gasteiger partial charge is 0.491 e. The van der Waals surface area contributed by atoms with Crippen LogP contribution in [0.4, 0.5) is 0 Å². The molecule has 0 saturated heterocycles. The molecule has 0 aliphatic heterocycles. The zero-order valence-electron chi connectivity index (χ0n) is 13.4. The lowest BCUT2D eigenvalue weighted by atomic mass is 10.1. The van der Waals surface area contributed by atoms with Gasteiger partial charge in [-0.1, -0.05) is 23.5 Å². The van der Waals surface area contributed by atoms with Crippen molar-refractivity contribution in [3.63, 3.8) is 0 Å². The highest BCUT2D eigenvalue weighted by Gasteiger charge is 2.11. The fourth-order valence-corrected chi connectivity index (χ4v) is 3.92. The molecular formula is C19H18N2OS. The third-order valence-electron chi connectivity index (χ3n) is 3.84. The number of fused-ring (bicyclic) bond motifs is 3. The molecule has 2 heterocycles. The van der Waals surface area contributed by atoms with Gasteiger partial charge in [-0.15, -0.1) is 0 Å². The molecule has 0 fully saturated rings. The minimum absolute atomic E-state index is 0.188. The van der Waals surface area contributed by atoms with Gasteiger partial charge in [-0.2, -0.15) is 0 Å². The molecule has 0 bridgehead atoms. The van der Waals surface area contributed by atoms with Gasteiger partial charge in [0.15, 0.2) is 4.96 Å². The zero-order valence-corrected chi connectivity index (χ0v) is 14.2. The third kappa shape index (κ3) is 2.49. The number of hydrogen-bond donors (Lipinski definition) is 0. The Morgan fingerprint density at radius 2 is 1.87 bits per heavy atom. The number of thiazole rings is 1. The van der Waals surface area contributed by atoms with E-state index in [-0.39, 0.29) is 6.10 Å². The minimum Gasteiger partial charge on any atom is -0.491 e. The van der Waals surface area contributed by atoms with Crippen LogP contribution in [0, 0.1) is 6.92 Å². The first-order valence-electron chi connectivity index (χ1n) is 7.76. The van der Waals surface area contributed by atoms with E-state index in [1.165, 1.54) is 15.8 Å². The monoisotopic (exact) mass is 322 g/mol. The molecule has 0 aliphatic carbocycles. The molecule has 0 aliphatic rings.